The van der Waals surface area contributed by atoms with E-state index in [0.29, 0.717) is 16.6 Å². The van der Waals surface area contributed by atoms with Crippen molar-refractivity contribution in [1.29, 1.82) is 0 Å². The van der Waals surface area contributed by atoms with E-state index in [0.717, 1.165) is 8.95 Å². The largest absolute Gasteiger partial charge is 0.495 e. The van der Waals surface area contributed by atoms with Gasteiger partial charge in [0.15, 0.2) is 5.16 Å². The van der Waals surface area contributed by atoms with Gasteiger partial charge >= 0.3 is 0 Å². The molecule has 2 rings (SSSR count). The van der Waals surface area contributed by atoms with Crippen molar-refractivity contribution in [3.8, 4) is 5.75 Å². The molecular formula is C11H10Br2N4O2S. The number of methoxy groups -OCH3 is 1. The first-order valence-corrected chi connectivity index (χ1v) is 7.98. The maximum absolute atomic E-state index is 11.9. The van der Waals surface area contributed by atoms with E-state index < -0.39 is 0 Å². The van der Waals surface area contributed by atoms with Crippen LogP contribution in [0.4, 0.5) is 5.69 Å². The maximum Gasteiger partial charge on any atom is 0.234 e. The highest BCUT2D eigenvalue weighted by Gasteiger charge is 2.11. The van der Waals surface area contributed by atoms with Crippen LogP contribution < -0.4 is 10.1 Å². The molecule has 0 aliphatic rings. The normalized spacial score (nSPS) is 10.3. The summed E-state index contributed by atoms with van der Waals surface area (Å²) >= 11 is 8.04. The second-order valence-electron chi connectivity index (χ2n) is 3.59. The fourth-order valence-corrected chi connectivity index (χ4v) is 3.20. The predicted molar refractivity (Wildman–Crippen MR) is 84.1 cm³/mol. The van der Waals surface area contributed by atoms with Crippen molar-refractivity contribution in [2.24, 2.45) is 0 Å². The summed E-state index contributed by atoms with van der Waals surface area (Å²) in [6.07, 6.45) is 1.40. The molecule has 0 radical (unpaired) electrons. The van der Waals surface area contributed by atoms with E-state index in [1.54, 1.807) is 13.2 Å². The number of aromatic amines is 1. The summed E-state index contributed by atoms with van der Waals surface area (Å²) in [5, 5.41) is 9.80. The van der Waals surface area contributed by atoms with Gasteiger partial charge in [0.1, 0.15) is 12.1 Å². The molecule has 1 aromatic carbocycles. The van der Waals surface area contributed by atoms with Gasteiger partial charge in [0.05, 0.1) is 23.0 Å². The standard InChI is InChI=1S/C11H10Br2N4O2S/c1-19-9-3-8(6(12)2-7(9)13)16-10(18)4-20-11-14-5-15-17-11/h2-3,5H,4H2,1H3,(H,16,18)(H,14,15,17). The third kappa shape index (κ3) is 3.97. The summed E-state index contributed by atoms with van der Waals surface area (Å²) in [5.41, 5.74) is 0.646. The summed E-state index contributed by atoms with van der Waals surface area (Å²) in [5.74, 6) is 0.739. The van der Waals surface area contributed by atoms with E-state index in [4.69, 9.17) is 4.74 Å². The summed E-state index contributed by atoms with van der Waals surface area (Å²) in [7, 11) is 1.57. The molecule has 20 heavy (non-hydrogen) atoms. The Balaban J connectivity index is 2.00. The number of hydrogen-bond donors (Lipinski definition) is 2. The third-order valence-electron chi connectivity index (χ3n) is 2.25. The molecular weight excluding hydrogens is 412 g/mol. The van der Waals surface area contributed by atoms with E-state index in [1.807, 2.05) is 6.07 Å². The minimum atomic E-state index is -0.142. The molecule has 0 fully saturated rings. The summed E-state index contributed by atoms with van der Waals surface area (Å²) in [6.45, 7) is 0. The molecule has 0 saturated carbocycles. The molecule has 0 saturated heterocycles. The van der Waals surface area contributed by atoms with Crippen molar-refractivity contribution in [3.63, 3.8) is 0 Å². The van der Waals surface area contributed by atoms with E-state index in [9.17, 15) is 4.79 Å². The minimum absolute atomic E-state index is 0.142. The van der Waals surface area contributed by atoms with Gasteiger partial charge in [-0.1, -0.05) is 11.8 Å². The number of halogens is 2. The molecule has 0 atom stereocenters. The Bertz CT molecular complexity index is 607. The fourth-order valence-electron chi connectivity index (χ4n) is 1.37. The number of carbonyl (C=O) groups is 1. The van der Waals surface area contributed by atoms with Gasteiger partial charge in [-0.15, -0.1) is 0 Å². The number of rotatable bonds is 5. The van der Waals surface area contributed by atoms with E-state index in [2.05, 4.69) is 52.4 Å². The zero-order valence-corrected chi connectivity index (χ0v) is 14.3. The Hall–Kier alpha value is -1.06. The van der Waals surface area contributed by atoms with Crippen LogP contribution >= 0.6 is 43.6 Å². The van der Waals surface area contributed by atoms with Gasteiger partial charge < -0.3 is 10.1 Å². The maximum atomic E-state index is 11.9. The van der Waals surface area contributed by atoms with Gasteiger partial charge in [-0.2, -0.15) is 5.10 Å². The summed E-state index contributed by atoms with van der Waals surface area (Å²) in [4.78, 5) is 15.8. The van der Waals surface area contributed by atoms with Crippen molar-refractivity contribution in [2.75, 3.05) is 18.2 Å². The number of carbonyl (C=O) groups excluding carboxylic acids is 1. The van der Waals surface area contributed by atoms with Crippen LogP contribution in [-0.2, 0) is 4.79 Å². The lowest BCUT2D eigenvalue weighted by atomic mass is 10.3. The van der Waals surface area contributed by atoms with Gasteiger partial charge in [-0.05, 0) is 37.9 Å². The number of ether oxygens (including phenoxy) is 1. The first kappa shape index (κ1) is 15.3. The van der Waals surface area contributed by atoms with Crippen molar-refractivity contribution < 1.29 is 9.53 Å². The molecule has 0 unspecified atom stereocenters. The van der Waals surface area contributed by atoms with Gasteiger partial charge in [0, 0.05) is 10.5 Å². The van der Waals surface area contributed by atoms with E-state index in [-0.39, 0.29) is 11.7 Å². The first-order valence-electron chi connectivity index (χ1n) is 5.41. The Morgan fingerprint density at radius 2 is 2.25 bits per heavy atom. The molecule has 0 aliphatic carbocycles. The lowest BCUT2D eigenvalue weighted by molar-refractivity contribution is -0.113. The summed E-state index contributed by atoms with van der Waals surface area (Å²) < 4.78 is 6.77. The number of aromatic nitrogens is 3. The van der Waals surface area contributed by atoms with E-state index in [1.165, 1.54) is 18.1 Å². The van der Waals surface area contributed by atoms with E-state index >= 15 is 0 Å². The molecule has 106 valence electrons. The van der Waals surface area contributed by atoms with Crippen molar-refractivity contribution in [2.45, 2.75) is 5.16 Å². The number of nitrogens with one attached hydrogen (secondary N) is 2. The predicted octanol–water partition coefficient (Wildman–Crippen LogP) is 3.07. The molecule has 2 N–H and O–H groups in total. The second kappa shape index (κ2) is 7.09. The van der Waals surface area contributed by atoms with Gasteiger partial charge in [-0.25, -0.2) is 4.98 Å². The lowest BCUT2D eigenvalue weighted by Gasteiger charge is -2.10. The highest BCUT2D eigenvalue weighted by molar-refractivity contribution is 9.11. The monoisotopic (exact) mass is 420 g/mol. The average Bonchev–Trinajstić information content (AvgIpc) is 2.93. The summed E-state index contributed by atoms with van der Waals surface area (Å²) in [6, 6.07) is 3.56. The Labute approximate surface area is 136 Å². The van der Waals surface area contributed by atoms with Crippen LogP contribution in [0.25, 0.3) is 0 Å². The van der Waals surface area contributed by atoms with Crippen LogP contribution in [0.5, 0.6) is 5.75 Å². The quantitative estimate of drug-likeness (QED) is 0.725. The Morgan fingerprint density at radius 1 is 1.45 bits per heavy atom. The van der Waals surface area contributed by atoms with Crippen LogP contribution in [0.2, 0.25) is 0 Å². The molecule has 6 nitrogen and oxygen atoms in total. The molecule has 0 spiro atoms. The van der Waals surface area contributed by atoms with Crippen LogP contribution in [0.15, 0.2) is 32.6 Å². The molecule has 0 bridgehead atoms. The SMILES string of the molecule is COc1cc(NC(=O)CSc2ncn[nH]2)c(Br)cc1Br. The number of H-pyrrole nitrogens is 1. The smallest absolute Gasteiger partial charge is 0.234 e. The lowest BCUT2D eigenvalue weighted by Crippen LogP contribution is -2.14. The molecule has 2 aromatic rings. The minimum Gasteiger partial charge on any atom is -0.495 e. The highest BCUT2D eigenvalue weighted by atomic mass is 79.9. The second-order valence-corrected chi connectivity index (χ2v) is 6.27. The zero-order valence-electron chi connectivity index (χ0n) is 10.3. The van der Waals surface area contributed by atoms with Crippen LogP contribution in [0.3, 0.4) is 0 Å². The average molecular weight is 422 g/mol. The third-order valence-corrected chi connectivity index (χ3v) is 4.40. The Kier molecular flexibility index (Phi) is 5.44. The molecule has 1 amide bonds. The molecule has 1 heterocycles. The number of benzene rings is 1. The van der Waals surface area contributed by atoms with Crippen LogP contribution in [0, 0.1) is 0 Å². The number of thioether (sulfide) groups is 1. The number of nitrogens with zero attached hydrogens (tertiary/aromatic N) is 2. The molecule has 0 aliphatic heterocycles. The molecule has 9 heteroatoms. The van der Waals surface area contributed by atoms with Crippen molar-refractivity contribution in [3.05, 3.63) is 27.4 Å². The highest BCUT2D eigenvalue weighted by Crippen LogP contribution is 2.34. The van der Waals surface area contributed by atoms with Crippen molar-refractivity contribution in [1.82, 2.24) is 15.2 Å². The number of anilines is 1. The number of amides is 1. The topological polar surface area (TPSA) is 79.9 Å². The van der Waals surface area contributed by atoms with Crippen LogP contribution in [-0.4, -0.2) is 34.0 Å². The van der Waals surface area contributed by atoms with Gasteiger partial charge in [0.2, 0.25) is 5.91 Å². The number of hydrogen-bond acceptors (Lipinski definition) is 5. The van der Waals surface area contributed by atoms with Gasteiger partial charge in [0.25, 0.3) is 0 Å². The van der Waals surface area contributed by atoms with Gasteiger partial charge in [-0.3, -0.25) is 9.89 Å². The zero-order chi connectivity index (χ0) is 14.5. The fraction of sp³-hybridized carbons (Fsp3) is 0.182. The van der Waals surface area contributed by atoms with Crippen molar-refractivity contribution >= 4 is 55.2 Å². The van der Waals surface area contributed by atoms with Crippen LogP contribution in [0.1, 0.15) is 0 Å². The Morgan fingerprint density at radius 3 is 2.90 bits per heavy atom. The molecule has 1 aromatic heterocycles. The first-order chi connectivity index (χ1) is 9.60.